The third-order valence-corrected chi connectivity index (χ3v) is 15.6. The first kappa shape index (κ1) is 74.6. The van der Waals surface area contributed by atoms with Crippen molar-refractivity contribution in [1.29, 1.82) is 0 Å². The molecule has 0 rings (SSSR count). The smallest absolute Gasteiger partial charge is 0.306 e. The van der Waals surface area contributed by atoms with Crippen LogP contribution in [0, 0.1) is 0 Å². The second-order valence-electron chi connectivity index (χ2n) is 23.4. The SMILES string of the molecule is CCCCC/C=C\C/C=C\CCCCCCCCCCCC(=O)OC(COC(=O)CCCCCCC)COC(=O)CCCCCCCCCCCCCCCCCCCCCCCCC/C=C\CCCCCCCCCC. The van der Waals surface area contributed by atoms with Gasteiger partial charge in [-0.25, -0.2) is 0 Å². The first-order chi connectivity index (χ1) is 38.0. The Hall–Kier alpha value is -2.37. The van der Waals surface area contributed by atoms with E-state index in [1.54, 1.807) is 0 Å². The molecule has 6 heteroatoms. The lowest BCUT2D eigenvalue weighted by molar-refractivity contribution is -0.167. The lowest BCUT2D eigenvalue weighted by Crippen LogP contribution is -2.30. The molecule has 0 aliphatic rings. The van der Waals surface area contributed by atoms with E-state index >= 15 is 0 Å². The summed E-state index contributed by atoms with van der Waals surface area (Å²) < 4.78 is 16.8. The van der Waals surface area contributed by atoms with Gasteiger partial charge in [0.25, 0.3) is 0 Å². The van der Waals surface area contributed by atoms with Crippen molar-refractivity contribution in [3.05, 3.63) is 36.5 Å². The fourth-order valence-corrected chi connectivity index (χ4v) is 10.4. The van der Waals surface area contributed by atoms with Crippen LogP contribution < -0.4 is 0 Å². The Kier molecular flexibility index (Phi) is 64.1. The molecule has 0 bridgehead atoms. The summed E-state index contributed by atoms with van der Waals surface area (Å²) in [6.45, 7) is 6.58. The average Bonchev–Trinajstić information content (AvgIpc) is 3.43. The van der Waals surface area contributed by atoms with E-state index in [1.807, 2.05) is 0 Å². The van der Waals surface area contributed by atoms with Gasteiger partial charge in [-0.1, -0.05) is 320 Å². The molecule has 0 N–H and O–H groups in total. The van der Waals surface area contributed by atoms with Gasteiger partial charge in [-0.15, -0.1) is 0 Å². The molecular weight excluding hydrogens is 949 g/mol. The van der Waals surface area contributed by atoms with Crippen molar-refractivity contribution in [3.63, 3.8) is 0 Å². The third-order valence-electron chi connectivity index (χ3n) is 15.6. The molecule has 0 radical (unpaired) electrons. The molecule has 0 saturated heterocycles. The molecule has 1 atom stereocenters. The van der Waals surface area contributed by atoms with Crippen molar-refractivity contribution in [3.8, 4) is 0 Å². The van der Waals surface area contributed by atoms with Gasteiger partial charge in [-0.2, -0.15) is 0 Å². The molecule has 6 nitrogen and oxygen atoms in total. The van der Waals surface area contributed by atoms with E-state index < -0.39 is 6.10 Å². The van der Waals surface area contributed by atoms with Gasteiger partial charge >= 0.3 is 17.9 Å². The highest BCUT2D eigenvalue weighted by Crippen LogP contribution is 2.18. The van der Waals surface area contributed by atoms with Gasteiger partial charge in [0.05, 0.1) is 0 Å². The molecule has 0 saturated carbocycles. The summed E-state index contributed by atoms with van der Waals surface area (Å²) in [4.78, 5) is 37.9. The summed E-state index contributed by atoms with van der Waals surface area (Å²) in [6, 6.07) is 0. The Balaban J connectivity index is 3.86. The zero-order valence-electron chi connectivity index (χ0n) is 52.0. The van der Waals surface area contributed by atoms with E-state index in [2.05, 4.69) is 57.2 Å². The van der Waals surface area contributed by atoms with Gasteiger partial charge in [0.15, 0.2) is 6.10 Å². The van der Waals surface area contributed by atoms with Gasteiger partial charge in [-0.05, 0) is 77.0 Å². The first-order valence-corrected chi connectivity index (χ1v) is 34.5. The van der Waals surface area contributed by atoms with Crippen LogP contribution in [0.3, 0.4) is 0 Å². The fourth-order valence-electron chi connectivity index (χ4n) is 10.4. The van der Waals surface area contributed by atoms with Crippen LogP contribution in [-0.2, 0) is 28.6 Å². The number of rotatable bonds is 64. The number of carbonyl (C=O) groups excluding carboxylic acids is 3. The number of hydrogen-bond donors (Lipinski definition) is 0. The van der Waals surface area contributed by atoms with E-state index in [9.17, 15) is 14.4 Å². The van der Waals surface area contributed by atoms with Gasteiger partial charge in [0.2, 0.25) is 0 Å². The van der Waals surface area contributed by atoms with Crippen molar-refractivity contribution in [2.24, 2.45) is 0 Å². The van der Waals surface area contributed by atoms with E-state index in [4.69, 9.17) is 14.2 Å². The number of esters is 3. The lowest BCUT2D eigenvalue weighted by Gasteiger charge is -2.18. The molecule has 0 amide bonds. The Bertz CT molecular complexity index is 1290. The molecule has 1 unspecified atom stereocenters. The molecule has 0 fully saturated rings. The molecule has 452 valence electrons. The average molecular weight is 1080 g/mol. The Morgan fingerprint density at radius 3 is 0.753 bits per heavy atom. The molecule has 77 heavy (non-hydrogen) atoms. The van der Waals surface area contributed by atoms with E-state index in [-0.39, 0.29) is 31.1 Å². The van der Waals surface area contributed by atoms with Crippen LogP contribution in [0.4, 0.5) is 0 Å². The van der Waals surface area contributed by atoms with Crippen molar-refractivity contribution in [1.82, 2.24) is 0 Å². The summed E-state index contributed by atoms with van der Waals surface area (Å²) in [5.41, 5.74) is 0. The van der Waals surface area contributed by atoms with Gasteiger partial charge in [-0.3, -0.25) is 14.4 Å². The van der Waals surface area contributed by atoms with Crippen LogP contribution in [-0.4, -0.2) is 37.2 Å². The maximum atomic E-state index is 12.8. The molecular formula is C71H132O6. The number of allylic oxidation sites excluding steroid dienone is 6. The predicted molar refractivity (Wildman–Crippen MR) is 335 cm³/mol. The minimum Gasteiger partial charge on any atom is -0.462 e. The van der Waals surface area contributed by atoms with Crippen molar-refractivity contribution in [2.75, 3.05) is 13.2 Å². The Labute approximate surface area is 480 Å². The summed E-state index contributed by atoms with van der Waals surface area (Å²) in [7, 11) is 0. The number of hydrogen-bond acceptors (Lipinski definition) is 6. The molecule has 0 aromatic heterocycles. The molecule has 0 aromatic rings. The van der Waals surface area contributed by atoms with Gasteiger partial charge < -0.3 is 14.2 Å². The first-order valence-electron chi connectivity index (χ1n) is 34.5. The molecule has 0 aromatic carbocycles. The van der Waals surface area contributed by atoms with Crippen molar-refractivity contribution in [2.45, 2.75) is 386 Å². The van der Waals surface area contributed by atoms with E-state index in [0.717, 1.165) is 70.6 Å². The number of ether oxygens (including phenoxy) is 3. The Morgan fingerprint density at radius 2 is 0.468 bits per heavy atom. The monoisotopic (exact) mass is 1080 g/mol. The highest BCUT2D eigenvalue weighted by atomic mass is 16.6. The maximum absolute atomic E-state index is 12.8. The molecule has 0 aliphatic heterocycles. The molecule has 0 heterocycles. The normalized spacial score (nSPS) is 12.2. The van der Waals surface area contributed by atoms with E-state index in [1.165, 1.54) is 270 Å². The molecule has 0 aliphatic carbocycles. The highest BCUT2D eigenvalue weighted by molar-refractivity contribution is 5.71. The summed E-state index contributed by atoms with van der Waals surface area (Å²) >= 11 is 0. The minimum absolute atomic E-state index is 0.0697. The molecule has 0 spiro atoms. The standard InChI is InChI=1S/C71H132O6/c1-4-7-10-13-15-17-19-21-23-25-27-28-29-30-31-32-33-34-35-36-37-38-39-40-41-42-44-45-47-49-51-53-55-58-61-64-70(73)76-67-68(66-75-69(72)63-60-57-12-9-6-3)77-71(74)65-62-59-56-54-52-50-48-46-43-26-24-22-20-18-16-14-11-8-5-2/h16,18,22,24-25,27,68H,4-15,17,19-21,23,26,28-67H2,1-3H3/b18-16-,24-22-,27-25-. The van der Waals surface area contributed by atoms with Crippen molar-refractivity contribution >= 4 is 17.9 Å². The maximum Gasteiger partial charge on any atom is 0.306 e. The Morgan fingerprint density at radius 1 is 0.260 bits per heavy atom. The lowest BCUT2D eigenvalue weighted by atomic mass is 10.0. The highest BCUT2D eigenvalue weighted by Gasteiger charge is 2.19. The zero-order chi connectivity index (χ0) is 55.7. The van der Waals surface area contributed by atoms with E-state index in [0.29, 0.717) is 19.3 Å². The van der Waals surface area contributed by atoms with Gasteiger partial charge in [0, 0.05) is 19.3 Å². The van der Waals surface area contributed by atoms with Crippen LogP contribution in [0.5, 0.6) is 0 Å². The zero-order valence-corrected chi connectivity index (χ0v) is 52.0. The van der Waals surface area contributed by atoms with Crippen LogP contribution in [0.25, 0.3) is 0 Å². The van der Waals surface area contributed by atoms with Crippen LogP contribution >= 0.6 is 0 Å². The topological polar surface area (TPSA) is 78.9 Å². The second-order valence-corrected chi connectivity index (χ2v) is 23.4. The quantitative estimate of drug-likeness (QED) is 0.0261. The largest absolute Gasteiger partial charge is 0.462 e. The van der Waals surface area contributed by atoms with Crippen molar-refractivity contribution < 1.29 is 28.6 Å². The van der Waals surface area contributed by atoms with Crippen LogP contribution in [0.1, 0.15) is 380 Å². The summed E-state index contributed by atoms with van der Waals surface area (Å²) in [6.07, 6.45) is 82.4. The third kappa shape index (κ3) is 64.3. The fraction of sp³-hybridized carbons (Fsp3) is 0.873. The second kappa shape index (κ2) is 66.1. The summed E-state index contributed by atoms with van der Waals surface area (Å²) in [5.74, 6) is -0.867. The predicted octanol–water partition coefficient (Wildman–Crippen LogP) is 23.6. The van der Waals surface area contributed by atoms with Crippen LogP contribution in [0.2, 0.25) is 0 Å². The number of carbonyl (C=O) groups is 3. The number of unbranched alkanes of at least 4 members (excludes halogenated alkanes) is 47. The van der Waals surface area contributed by atoms with Crippen LogP contribution in [0.15, 0.2) is 36.5 Å². The summed E-state index contributed by atoms with van der Waals surface area (Å²) in [5, 5.41) is 0. The van der Waals surface area contributed by atoms with Gasteiger partial charge in [0.1, 0.15) is 13.2 Å². The minimum atomic E-state index is -0.769.